The molecule has 2 rings (SSSR count). The van der Waals surface area contributed by atoms with Crippen LogP contribution >= 0.6 is 0 Å². The van der Waals surface area contributed by atoms with Gasteiger partial charge in [-0.15, -0.1) is 5.10 Å². The van der Waals surface area contributed by atoms with Crippen molar-refractivity contribution in [1.82, 2.24) is 15.0 Å². The van der Waals surface area contributed by atoms with Crippen LogP contribution in [0, 0.1) is 12.7 Å². The fraction of sp³-hybridized carbons (Fsp3) is 0.333. The van der Waals surface area contributed by atoms with Crippen LogP contribution in [0.4, 0.5) is 4.39 Å². The molecule has 0 amide bonds. The van der Waals surface area contributed by atoms with Gasteiger partial charge in [-0.1, -0.05) is 17.3 Å². The second kappa shape index (κ2) is 5.05. The highest BCUT2D eigenvalue weighted by atomic mass is 19.1. The molecule has 5 heteroatoms. The highest BCUT2D eigenvalue weighted by Crippen LogP contribution is 2.09. The molecule has 17 heavy (non-hydrogen) atoms. The third kappa shape index (κ3) is 2.68. The van der Waals surface area contributed by atoms with Gasteiger partial charge in [-0.3, -0.25) is 0 Å². The van der Waals surface area contributed by atoms with Crippen molar-refractivity contribution in [3.8, 4) is 0 Å². The first-order valence-electron chi connectivity index (χ1n) is 5.45. The molecule has 0 aliphatic heterocycles. The molecule has 1 N–H and O–H groups in total. The van der Waals surface area contributed by atoms with Crippen molar-refractivity contribution in [2.45, 2.75) is 19.9 Å². The van der Waals surface area contributed by atoms with E-state index in [0.29, 0.717) is 13.0 Å². The summed E-state index contributed by atoms with van der Waals surface area (Å²) in [6.07, 6.45) is 0.495. The Labute approximate surface area is 98.7 Å². The van der Waals surface area contributed by atoms with E-state index in [1.165, 1.54) is 12.1 Å². The topological polar surface area (TPSA) is 50.9 Å². The van der Waals surface area contributed by atoms with Gasteiger partial charge in [0.05, 0.1) is 17.9 Å². The molecule has 0 saturated carbocycles. The number of aromatic nitrogens is 3. The molecule has 1 heterocycles. The van der Waals surface area contributed by atoms with Crippen molar-refractivity contribution in [1.29, 1.82) is 0 Å². The third-order valence-corrected chi connectivity index (χ3v) is 2.65. The standard InChI is InChI=1S/C12H14FN3O/c1-9-12(5-6-17)14-15-16(9)8-10-3-2-4-11(13)7-10/h2-4,7,17H,5-6,8H2,1H3. The van der Waals surface area contributed by atoms with Crippen molar-refractivity contribution in [2.24, 2.45) is 0 Å². The predicted molar refractivity (Wildman–Crippen MR) is 61.1 cm³/mol. The van der Waals surface area contributed by atoms with Crippen LogP contribution in [0.15, 0.2) is 24.3 Å². The van der Waals surface area contributed by atoms with Crippen molar-refractivity contribution in [3.05, 3.63) is 47.0 Å². The van der Waals surface area contributed by atoms with E-state index in [-0.39, 0.29) is 12.4 Å². The van der Waals surface area contributed by atoms with Crippen molar-refractivity contribution in [3.63, 3.8) is 0 Å². The summed E-state index contributed by atoms with van der Waals surface area (Å²) >= 11 is 0. The van der Waals surface area contributed by atoms with E-state index < -0.39 is 0 Å². The van der Waals surface area contributed by atoms with Crippen LogP contribution < -0.4 is 0 Å². The summed E-state index contributed by atoms with van der Waals surface area (Å²) in [5.74, 6) is -0.254. The quantitative estimate of drug-likeness (QED) is 0.869. The van der Waals surface area contributed by atoms with Crippen LogP contribution in [-0.2, 0) is 13.0 Å². The van der Waals surface area contributed by atoms with Crippen molar-refractivity contribution < 1.29 is 9.50 Å². The SMILES string of the molecule is Cc1c(CCO)nnn1Cc1cccc(F)c1. The normalized spacial score (nSPS) is 10.8. The average Bonchev–Trinajstić information content (AvgIpc) is 2.62. The molecule has 0 atom stereocenters. The predicted octanol–water partition coefficient (Wildman–Crippen LogP) is 1.31. The summed E-state index contributed by atoms with van der Waals surface area (Å²) in [6.45, 7) is 2.44. The summed E-state index contributed by atoms with van der Waals surface area (Å²) in [7, 11) is 0. The minimum atomic E-state index is -0.254. The Bertz CT molecular complexity index is 510. The van der Waals surface area contributed by atoms with Crippen LogP contribution in [0.1, 0.15) is 17.0 Å². The van der Waals surface area contributed by atoms with Gasteiger partial charge in [0.15, 0.2) is 0 Å². The molecule has 0 fully saturated rings. The van der Waals surface area contributed by atoms with Gasteiger partial charge < -0.3 is 5.11 Å². The molecule has 0 radical (unpaired) electrons. The highest BCUT2D eigenvalue weighted by Gasteiger charge is 2.08. The maximum Gasteiger partial charge on any atom is 0.123 e. The largest absolute Gasteiger partial charge is 0.396 e. The summed E-state index contributed by atoms with van der Waals surface area (Å²) in [6, 6.07) is 6.41. The molecule has 1 aromatic carbocycles. The second-order valence-electron chi connectivity index (χ2n) is 3.88. The Hall–Kier alpha value is -1.75. The maximum absolute atomic E-state index is 13.0. The summed E-state index contributed by atoms with van der Waals surface area (Å²) in [5, 5.41) is 16.8. The molecule has 1 aromatic heterocycles. The lowest BCUT2D eigenvalue weighted by Gasteiger charge is -2.04. The molecule has 0 bridgehead atoms. The van der Waals surface area contributed by atoms with Gasteiger partial charge in [0, 0.05) is 13.0 Å². The van der Waals surface area contributed by atoms with Crippen LogP contribution in [0.5, 0.6) is 0 Å². The van der Waals surface area contributed by atoms with Gasteiger partial charge in [0.1, 0.15) is 5.82 Å². The fourth-order valence-corrected chi connectivity index (χ4v) is 1.69. The van der Waals surface area contributed by atoms with Crippen LogP contribution in [0.3, 0.4) is 0 Å². The van der Waals surface area contributed by atoms with Gasteiger partial charge in [-0.2, -0.15) is 0 Å². The summed E-state index contributed by atoms with van der Waals surface area (Å²) in [4.78, 5) is 0. The molecule has 0 aliphatic carbocycles. The Balaban J connectivity index is 2.19. The van der Waals surface area contributed by atoms with E-state index in [4.69, 9.17) is 5.11 Å². The molecule has 0 unspecified atom stereocenters. The number of nitrogens with zero attached hydrogens (tertiary/aromatic N) is 3. The molecule has 0 saturated heterocycles. The molecule has 0 aliphatic rings. The van der Waals surface area contributed by atoms with Crippen LogP contribution in [-0.4, -0.2) is 26.7 Å². The van der Waals surface area contributed by atoms with E-state index in [2.05, 4.69) is 10.3 Å². The van der Waals surface area contributed by atoms with Gasteiger partial charge in [-0.25, -0.2) is 9.07 Å². The summed E-state index contributed by atoms with van der Waals surface area (Å²) in [5.41, 5.74) is 2.53. The molecule has 2 aromatic rings. The Morgan fingerprint density at radius 3 is 2.94 bits per heavy atom. The van der Waals surface area contributed by atoms with Gasteiger partial charge in [-0.05, 0) is 24.6 Å². The number of aliphatic hydroxyl groups is 1. The van der Waals surface area contributed by atoms with Gasteiger partial charge >= 0.3 is 0 Å². The minimum absolute atomic E-state index is 0.0551. The molecule has 0 spiro atoms. The maximum atomic E-state index is 13.0. The van der Waals surface area contributed by atoms with E-state index in [1.807, 2.05) is 13.0 Å². The molecular formula is C12H14FN3O. The first kappa shape index (κ1) is 11.7. The number of benzene rings is 1. The Morgan fingerprint density at radius 1 is 1.41 bits per heavy atom. The number of aliphatic hydroxyl groups excluding tert-OH is 1. The first-order chi connectivity index (χ1) is 8.20. The zero-order chi connectivity index (χ0) is 12.3. The third-order valence-electron chi connectivity index (χ3n) is 2.65. The van der Waals surface area contributed by atoms with E-state index >= 15 is 0 Å². The molecule has 4 nitrogen and oxygen atoms in total. The van der Waals surface area contributed by atoms with Gasteiger partial charge in [0.2, 0.25) is 0 Å². The smallest absolute Gasteiger partial charge is 0.123 e. The lowest BCUT2D eigenvalue weighted by Crippen LogP contribution is -2.05. The fourth-order valence-electron chi connectivity index (χ4n) is 1.69. The Morgan fingerprint density at radius 2 is 2.24 bits per heavy atom. The molecular weight excluding hydrogens is 221 g/mol. The van der Waals surface area contributed by atoms with Crippen molar-refractivity contribution >= 4 is 0 Å². The van der Waals surface area contributed by atoms with E-state index in [9.17, 15) is 4.39 Å². The second-order valence-corrected chi connectivity index (χ2v) is 3.88. The number of hydrogen-bond donors (Lipinski definition) is 1. The first-order valence-corrected chi connectivity index (χ1v) is 5.45. The van der Waals surface area contributed by atoms with Crippen LogP contribution in [0.25, 0.3) is 0 Å². The zero-order valence-electron chi connectivity index (χ0n) is 9.60. The minimum Gasteiger partial charge on any atom is -0.396 e. The lowest BCUT2D eigenvalue weighted by atomic mass is 10.2. The highest BCUT2D eigenvalue weighted by molar-refractivity contribution is 5.18. The number of halogens is 1. The summed E-state index contributed by atoms with van der Waals surface area (Å²) < 4.78 is 14.7. The lowest BCUT2D eigenvalue weighted by molar-refractivity contribution is 0.298. The van der Waals surface area contributed by atoms with Crippen molar-refractivity contribution in [2.75, 3.05) is 6.61 Å². The average molecular weight is 235 g/mol. The van der Waals surface area contributed by atoms with E-state index in [0.717, 1.165) is 17.0 Å². The zero-order valence-corrected chi connectivity index (χ0v) is 9.60. The van der Waals surface area contributed by atoms with Gasteiger partial charge in [0.25, 0.3) is 0 Å². The number of rotatable bonds is 4. The molecule has 90 valence electrons. The van der Waals surface area contributed by atoms with E-state index in [1.54, 1.807) is 10.7 Å². The number of hydrogen-bond acceptors (Lipinski definition) is 3. The monoisotopic (exact) mass is 235 g/mol. The Kier molecular flexibility index (Phi) is 3.49. The van der Waals surface area contributed by atoms with Crippen LogP contribution in [0.2, 0.25) is 0 Å².